The van der Waals surface area contributed by atoms with Crippen molar-refractivity contribution >= 4 is 33.1 Å². The van der Waals surface area contributed by atoms with Gasteiger partial charge in [0.15, 0.2) is 5.13 Å². The van der Waals surface area contributed by atoms with Crippen LogP contribution in [-0.2, 0) is 11.0 Å². The van der Waals surface area contributed by atoms with Crippen LogP contribution in [0.15, 0.2) is 52.7 Å². The van der Waals surface area contributed by atoms with Gasteiger partial charge in [-0.25, -0.2) is 14.3 Å². The first-order valence-electron chi connectivity index (χ1n) is 11.8. The second kappa shape index (κ2) is 11.0. The first-order valence-corrected chi connectivity index (χ1v) is 13.9. The van der Waals surface area contributed by atoms with E-state index < -0.39 is 11.0 Å². The number of anilines is 2. The second-order valence-corrected chi connectivity index (χ2v) is 11.2. The predicted octanol–water partition coefficient (Wildman–Crippen LogP) is 5.91. The number of benzene rings is 2. The van der Waals surface area contributed by atoms with Crippen LogP contribution >= 0.6 is 11.3 Å². The molecule has 3 aromatic rings. The van der Waals surface area contributed by atoms with Gasteiger partial charge in [-0.3, -0.25) is 0 Å². The van der Waals surface area contributed by atoms with Gasteiger partial charge >= 0.3 is 0 Å². The van der Waals surface area contributed by atoms with Crippen molar-refractivity contribution in [2.24, 2.45) is 5.14 Å². The number of nitrogens with zero attached hydrogens (tertiary/aromatic N) is 2. The molecule has 8 heteroatoms. The van der Waals surface area contributed by atoms with Gasteiger partial charge in [0.1, 0.15) is 16.7 Å². The third-order valence-electron chi connectivity index (χ3n) is 6.23. The Morgan fingerprint density at radius 2 is 1.82 bits per heavy atom. The van der Waals surface area contributed by atoms with Crippen molar-refractivity contribution in [3.8, 4) is 17.0 Å². The fourth-order valence-electron chi connectivity index (χ4n) is 4.34. The number of aromatic nitrogens is 1. The van der Waals surface area contributed by atoms with Crippen molar-refractivity contribution in [2.75, 3.05) is 18.4 Å². The van der Waals surface area contributed by atoms with Crippen LogP contribution in [0.3, 0.4) is 0 Å². The van der Waals surface area contributed by atoms with Crippen LogP contribution in [0.2, 0.25) is 0 Å². The van der Waals surface area contributed by atoms with Gasteiger partial charge in [0.2, 0.25) is 0 Å². The van der Waals surface area contributed by atoms with Crippen LogP contribution in [0.5, 0.6) is 5.75 Å². The van der Waals surface area contributed by atoms with E-state index in [-0.39, 0.29) is 6.10 Å². The Hall–Kier alpha value is -2.26. The Morgan fingerprint density at radius 3 is 2.44 bits per heavy atom. The van der Waals surface area contributed by atoms with E-state index in [4.69, 9.17) is 14.9 Å². The number of thiazole rings is 1. The summed E-state index contributed by atoms with van der Waals surface area (Å²) in [6, 6.07) is 14.8. The van der Waals surface area contributed by atoms with Crippen molar-refractivity contribution in [2.45, 2.75) is 63.5 Å². The van der Waals surface area contributed by atoms with Gasteiger partial charge in [0.05, 0.1) is 22.4 Å². The van der Waals surface area contributed by atoms with Crippen LogP contribution < -0.4 is 15.2 Å². The molecule has 0 aliphatic carbocycles. The number of hydrogen-bond donors (Lipinski definition) is 2. The summed E-state index contributed by atoms with van der Waals surface area (Å²) in [6.45, 7) is 10.8. The lowest BCUT2D eigenvalue weighted by molar-refractivity contribution is 0.172. The molecule has 6 nitrogen and oxygen atoms in total. The highest BCUT2D eigenvalue weighted by Crippen LogP contribution is 2.34. The summed E-state index contributed by atoms with van der Waals surface area (Å²) in [7, 11) is -1.57. The molecule has 1 saturated heterocycles. The van der Waals surface area contributed by atoms with Gasteiger partial charge in [0, 0.05) is 17.0 Å². The van der Waals surface area contributed by atoms with Gasteiger partial charge in [-0.15, -0.1) is 11.3 Å². The van der Waals surface area contributed by atoms with Crippen molar-refractivity contribution in [1.29, 1.82) is 0 Å². The van der Waals surface area contributed by atoms with Gasteiger partial charge in [-0.1, -0.05) is 24.3 Å². The topological polar surface area (TPSA) is 80.5 Å². The van der Waals surface area contributed by atoms with E-state index in [1.54, 1.807) is 18.2 Å². The number of rotatable bonds is 8. The zero-order chi connectivity index (χ0) is 24.2. The molecule has 34 heavy (non-hydrogen) atoms. The predicted molar refractivity (Wildman–Crippen MR) is 142 cm³/mol. The average Bonchev–Trinajstić information content (AvgIpc) is 3.28. The Kier molecular flexibility index (Phi) is 8.03. The molecular formula is C26H34N4O2S2. The van der Waals surface area contributed by atoms with Crippen LogP contribution in [0.25, 0.3) is 11.3 Å². The minimum absolute atomic E-state index is 0.0118. The maximum absolute atomic E-state index is 11.8. The van der Waals surface area contributed by atoms with Gasteiger partial charge in [-0.05, 0) is 83.3 Å². The molecule has 1 aromatic heterocycles. The molecule has 1 fully saturated rings. The molecule has 0 bridgehead atoms. The van der Waals surface area contributed by atoms with Crippen LogP contribution in [0, 0.1) is 0 Å². The number of likely N-dealkylation sites (tertiary alicyclic amines) is 1. The highest BCUT2D eigenvalue weighted by molar-refractivity contribution is 7.82. The Labute approximate surface area is 209 Å². The summed E-state index contributed by atoms with van der Waals surface area (Å²) >= 11 is 1.53. The summed E-state index contributed by atoms with van der Waals surface area (Å²) in [5, 5.41) is 11.7. The monoisotopic (exact) mass is 498 g/mol. The molecule has 182 valence electrons. The molecule has 0 amide bonds. The fourth-order valence-corrected chi connectivity index (χ4v) is 5.51. The highest BCUT2D eigenvalue weighted by atomic mass is 32.2. The SMILES string of the molecule is CC(C)Oc1ccc(S(N)=O)cc1Nc1nc(-c2ccc(C3CCN(C(C)C)CC3)cc2)cs1. The molecule has 3 N–H and O–H groups in total. The van der Waals surface area contributed by atoms with E-state index in [1.807, 2.05) is 19.2 Å². The molecule has 0 saturated carbocycles. The van der Waals surface area contributed by atoms with Crippen LogP contribution in [-0.4, -0.2) is 39.3 Å². The van der Waals surface area contributed by atoms with Gasteiger partial charge in [0.25, 0.3) is 0 Å². The maximum atomic E-state index is 11.8. The number of piperidine rings is 1. The second-order valence-electron chi connectivity index (χ2n) is 9.31. The Morgan fingerprint density at radius 1 is 1.12 bits per heavy atom. The minimum atomic E-state index is -1.57. The average molecular weight is 499 g/mol. The van der Waals surface area contributed by atoms with Crippen LogP contribution in [0.4, 0.5) is 10.8 Å². The molecule has 1 atom stereocenters. The molecule has 1 aliphatic heterocycles. The molecule has 1 unspecified atom stereocenters. The third kappa shape index (κ3) is 6.05. The minimum Gasteiger partial charge on any atom is -0.489 e. The van der Waals surface area contributed by atoms with E-state index >= 15 is 0 Å². The zero-order valence-corrected chi connectivity index (χ0v) is 21.9. The van der Waals surface area contributed by atoms with Crippen LogP contribution in [0.1, 0.15) is 52.0 Å². The Balaban J connectivity index is 1.47. The molecule has 1 aliphatic rings. The first kappa shape index (κ1) is 24.9. The summed E-state index contributed by atoms with van der Waals surface area (Å²) in [5.74, 6) is 1.31. The number of nitrogens with two attached hydrogens (primary N) is 1. The van der Waals surface area contributed by atoms with Gasteiger partial charge in [-0.2, -0.15) is 0 Å². The van der Waals surface area contributed by atoms with E-state index in [0.717, 1.165) is 16.4 Å². The molecule has 2 heterocycles. The summed E-state index contributed by atoms with van der Waals surface area (Å²) in [5.41, 5.74) is 4.15. The van der Waals surface area contributed by atoms with E-state index in [2.05, 4.69) is 48.3 Å². The lowest BCUT2D eigenvalue weighted by Gasteiger charge is -2.34. The van der Waals surface area contributed by atoms with E-state index in [0.29, 0.717) is 28.3 Å². The molecule has 2 aromatic carbocycles. The number of hydrogen-bond acceptors (Lipinski definition) is 6. The summed E-state index contributed by atoms with van der Waals surface area (Å²) < 4.78 is 17.7. The van der Waals surface area contributed by atoms with Gasteiger partial charge < -0.3 is 15.0 Å². The normalized spacial score (nSPS) is 16.2. The van der Waals surface area contributed by atoms with Crippen molar-refractivity contribution in [3.05, 3.63) is 53.4 Å². The smallest absolute Gasteiger partial charge is 0.187 e. The molecule has 0 radical (unpaired) electrons. The van der Waals surface area contributed by atoms with E-state index in [1.165, 1.54) is 42.8 Å². The zero-order valence-electron chi connectivity index (χ0n) is 20.3. The first-order chi connectivity index (χ1) is 16.3. The lowest BCUT2D eigenvalue weighted by Crippen LogP contribution is -2.37. The van der Waals surface area contributed by atoms with Crippen molar-refractivity contribution in [3.63, 3.8) is 0 Å². The third-order valence-corrected chi connectivity index (χ3v) is 7.71. The molecular weight excluding hydrogens is 464 g/mol. The summed E-state index contributed by atoms with van der Waals surface area (Å²) in [6.07, 6.45) is 2.45. The largest absolute Gasteiger partial charge is 0.489 e. The number of nitrogens with one attached hydrogen (secondary N) is 1. The fraction of sp³-hybridized carbons (Fsp3) is 0.423. The lowest BCUT2D eigenvalue weighted by atomic mass is 9.88. The number of ether oxygens (including phenoxy) is 1. The molecule has 4 rings (SSSR count). The quantitative estimate of drug-likeness (QED) is 0.404. The summed E-state index contributed by atoms with van der Waals surface area (Å²) in [4.78, 5) is 7.88. The van der Waals surface area contributed by atoms with E-state index in [9.17, 15) is 4.21 Å². The maximum Gasteiger partial charge on any atom is 0.187 e. The Bertz CT molecular complexity index is 1120. The van der Waals surface area contributed by atoms with Crippen molar-refractivity contribution < 1.29 is 8.95 Å². The molecule has 0 spiro atoms. The van der Waals surface area contributed by atoms with Crippen molar-refractivity contribution in [1.82, 2.24) is 9.88 Å². The standard InChI is InChI=1S/C26H34N4O2S2/c1-17(2)30-13-11-20(12-14-30)19-5-7-21(8-6-19)24-16-33-26(29-24)28-23-15-22(34(27)31)9-10-25(23)32-18(3)4/h5-10,15-18,20H,11-14,27H2,1-4H3,(H,28,29). The highest BCUT2D eigenvalue weighted by Gasteiger charge is 2.22.